The van der Waals surface area contributed by atoms with Crippen LogP contribution in [-0.2, 0) is 22.7 Å². The zero-order valence-corrected chi connectivity index (χ0v) is 19.7. The van der Waals surface area contributed by atoms with Crippen molar-refractivity contribution >= 4 is 40.2 Å². The third-order valence-corrected chi connectivity index (χ3v) is 7.37. The summed E-state index contributed by atoms with van der Waals surface area (Å²) >= 11 is 5.74. The molecule has 1 atom stereocenters. The number of fused-ring (bicyclic) bond motifs is 4. The number of para-hydroxylation sites is 1. The Balaban J connectivity index is 1.37. The van der Waals surface area contributed by atoms with E-state index in [1.165, 1.54) is 16.8 Å². The summed E-state index contributed by atoms with van der Waals surface area (Å²) < 4.78 is 15.3. The Kier molecular flexibility index (Phi) is 6.19. The Morgan fingerprint density at radius 2 is 1.86 bits per heavy atom. The first-order chi connectivity index (χ1) is 16.8. The van der Waals surface area contributed by atoms with E-state index >= 15 is 0 Å². The van der Waals surface area contributed by atoms with Crippen LogP contribution >= 0.6 is 11.6 Å². The minimum atomic E-state index is -0.666. The highest BCUT2D eigenvalue weighted by molar-refractivity contribution is 6.30. The summed E-state index contributed by atoms with van der Waals surface area (Å²) in [6.45, 7) is 0.0256. The Labute approximate surface area is 206 Å². The molecule has 35 heavy (non-hydrogen) atoms. The zero-order valence-electron chi connectivity index (χ0n) is 18.9. The van der Waals surface area contributed by atoms with Crippen molar-refractivity contribution in [2.24, 2.45) is 11.7 Å². The molecule has 3 fully saturated rings. The van der Waals surface area contributed by atoms with Gasteiger partial charge in [-0.2, -0.15) is 5.10 Å². The summed E-state index contributed by atoms with van der Waals surface area (Å²) in [6.07, 6.45) is 3.43. The number of hydrogen-bond donors (Lipinski definition) is 2. The fraction of sp³-hybridized carbons (Fsp3) is 0.360. The first-order valence-corrected chi connectivity index (χ1v) is 12.0. The normalized spacial score (nSPS) is 21.3. The molecule has 1 aliphatic carbocycles. The molecule has 182 valence electrons. The minimum Gasteiger partial charge on any atom is -0.364 e. The van der Waals surface area contributed by atoms with Crippen LogP contribution in [0.1, 0.15) is 41.7 Å². The molecule has 1 aromatic heterocycles. The molecule has 2 saturated heterocycles. The van der Waals surface area contributed by atoms with E-state index in [1.54, 1.807) is 35.2 Å². The number of primary amides is 1. The van der Waals surface area contributed by atoms with Crippen molar-refractivity contribution in [1.29, 1.82) is 0 Å². The predicted octanol–water partition coefficient (Wildman–Crippen LogP) is 3.01. The van der Waals surface area contributed by atoms with E-state index in [2.05, 4.69) is 10.4 Å². The topological polar surface area (TPSA) is 110 Å². The summed E-state index contributed by atoms with van der Waals surface area (Å²) in [6, 6.07) is 10.8. The highest BCUT2D eigenvalue weighted by Crippen LogP contribution is 2.40. The average molecular weight is 498 g/mol. The second-order valence-corrected chi connectivity index (χ2v) is 9.58. The minimum absolute atomic E-state index is 0.0204. The molecule has 3 heterocycles. The molecule has 2 bridgehead atoms. The number of nitrogens with zero attached hydrogens (tertiary/aromatic N) is 3. The standard InChI is InChI=1S/C25H25ClFN5O3/c26-18-10-5-14(11-19(18)27)12-29-25(35)23-15-6-8-16(9-7-15)32(23)21(33)13-31-20-4-2-1-3-17(20)22(30-31)24(28)34/h1-5,10-11,15-16,23H,6-9,12-13H2,(H2,28,34)(H,29,35)/t15-,16+,23-/m1/s1. The number of aromatic nitrogens is 2. The predicted molar refractivity (Wildman–Crippen MR) is 128 cm³/mol. The number of benzene rings is 2. The molecular formula is C25H25ClFN5O3. The lowest BCUT2D eigenvalue weighted by atomic mass is 9.74. The molecule has 3 amide bonds. The van der Waals surface area contributed by atoms with E-state index in [0.717, 1.165) is 25.7 Å². The van der Waals surface area contributed by atoms with Gasteiger partial charge in [-0.25, -0.2) is 4.39 Å². The van der Waals surface area contributed by atoms with Gasteiger partial charge in [0.2, 0.25) is 11.8 Å². The van der Waals surface area contributed by atoms with Gasteiger partial charge in [0, 0.05) is 18.0 Å². The molecule has 2 aliphatic heterocycles. The van der Waals surface area contributed by atoms with E-state index in [-0.39, 0.29) is 47.6 Å². The quantitative estimate of drug-likeness (QED) is 0.545. The van der Waals surface area contributed by atoms with Gasteiger partial charge in [-0.3, -0.25) is 19.1 Å². The lowest BCUT2D eigenvalue weighted by Crippen LogP contribution is -2.63. The molecule has 1 saturated carbocycles. The summed E-state index contributed by atoms with van der Waals surface area (Å²) in [7, 11) is 0. The number of carbonyl (C=O) groups excluding carboxylic acids is 3. The van der Waals surface area contributed by atoms with Crippen LogP contribution in [0, 0.1) is 11.7 Å². The molecule has 8 nitrogen and oxygen atoms in total. The molecule has 3 aromatic rings. The van der Waals surface area contributed by atoms with Gasteiger partial charge in [0.1, 0.15) is 18.4 Å². The number of hydrogen-bond acceptors (Lipinski definition) is 4. The maximum Gasteiger partial charge on any atom is 0.269 e. The van der Waals surface area contributed by atoms with Gasteiger partial charge >= 0.3 is 0 Å². The van der Waals surface area contributed by atoms with E-state index in [9.17, 15) is 18.8 Å². The molecule has 0 radical (unpaired) electrons. The molecule has 2 aromatic carbocycles. The van der Waals surface area contributed by atoms with Crippen LogP contribution in [0.4, 0.5) is 4.39 Å². The molecule has 0 unspecified atom stereocenters. The molecular weight excluding hydrogens is 473 g/mol. The van der Waals surface area contributed by atoms with Gasteiger partial charge in [-0.05, 0) is 55.4 Å². The van der Waals surface area contributed by atoms with Crippen LogP contribution in [0.5, 0.6) is 0 Å². The van der Waals surface area contributed by atoms with Crippen LogP contribution in [0.2, 0.25) is 5.02 Å². The lowest BCUT2D eigenvalue weighted by Gasteiger charge is -2.50. The van der Waals surface area contributed by atoms with Crippen molar-refractivity contribution in [2.75, 3.05) is 0 Å². The highest BCUT2D eigenvalue weighted by atomic mass is 35.5. The van der Waals surface area contributed by atoms with Crippen molar-refractivity contribution in [1.82, 2.24) is 20.0 Å². The Bertz CT molecular complexity index is 1320. The summed E-state index contributed by atoms with van der Waals surface area (Å²) in [4.78, 5) is 40.4. The van der Waals surface area contributed by atoms with E-state index in [0.29, 0.717) is 16.5 Å². The van der Waals surface area contributed by atoms with Gasteiger partial charge in [0.15, 0.2) is 5.69 Å². The first-order valence-electron chi connectivity index (χ1n) is 11.6. The highest BCUT2D eigenvalue weighted by Gasteiger charge is 2.47. The fourth-order valence-corrected chi connectivity index (χ4v) is 5.55. The van der Waals surface area contributed by atoms with Crippen molar-refractivity contribution < 1.29 is 18.8 Å². The maximum atomic E-state index is 13.8. The number of piperidine rings is 2. The van der Waals surface area contributed by atoms with E-state index in [4.69, 9.17) is 17.3 Å². The van der Waals surface area contributed by atoms with Gasteiger partial charge < -0.3 is 16.0 Å². The molecule has 3 aliphatic rings. The average Bonchev–Trinajstić information content (AvgIpc) is 3.23. The fourth-order valence-electron chi connectivity index (χ4n) is 5.43. The summed E-state index contributed by atoms with van der Waals surface area (Å²) in [5, 5.41) is 7.77. The Morgan fingerprint density at radius 3 is 2.57 bits per heavy atom. The van der Waals surface area contributed by atoms with Crippen molar-refractivity contribution in [3.05, 3.63) is 64.6 Å². The molecule has 6 rings (SSSR count). The monoisotopic (exact) mass is 497 g/mol. The van der Waals surface area contributed by atoms with Crippen LogP contribution < -0.4 is 11.1 Å². The third-order valence-electron chi connectivity index (χ3n) is 7.06. The van der Waals surface area contributed by atoms with Crippen LogP contribution in [0.15, 0.2) is 42.5 Å². The largest absolute Gasteiger partial charge is 0.364 e. The van der Waals surface area contributed by atoms with Crippen LogP contribution in [0.3, 0.4) is 0 Å². The first kappa shape index (κ1) is 23.3. The number of carbonyl (C=O) groups is 3. The second-order valence-electron chi connectivity index (χ2n) is 9.17. The summed E-state index contributed by atoms with van der Waals surface area (Å²) in [5.74, 6) is -1.65. The van der Waals surface area contributed by atoms with E-state index < -0.39 is 17.8 Å². The van der Waals surface area contributed by atoms with Crippen molar-refractivity contribution in [3.8, 4) is 0 Å². The second kappa shape index (κ2) is 9.30. The number of nitrogens with one attached hydrogen (secondary N) is 1. The van der Waals surface area contributed by atoms with Crippen LogP contribution in [-0.4, -0.2) is 44.5 Å². The number of rotatable bonds is 6. The Morgan fingerprint density at radius 1 is 1.11 bits per heavy atom. The third kappa shape index (κ3) is 4.36. The SMILES string of the molecule is NC(=O)c1nn(CC(=O)N2[C@H]3CC[C@H](CC3)[C@@H]2C(=O)NCc2ccc(Cl)c(F)c2)c2ccccc12. The van der Waals surface area contributed by atoms with E-state index in [1.807, 2.05) is 0 Å². The van der Waals surface area contributed by atoms with Crippen LogP contribution in [0.25, 0.3) is 10.9 Å². The van der Waals surface area contributed by atoms with Crippen molar-refractivity contribution in [2.45, 2.75) is 50.9 Å². The Hall–Kier alpha value is -3.46. The van der Waals surface area contributed by atoms with Gasteiger partial charge in [-0.1, -0.05) is 35.9 Å². The number of nitrogens with two attached hydrogens (primary N) is 1. The number of halogens is 2. The molecule has 0 spiro atoms. The van der Waals surface area contributed by atoms with Gasteiger partial charge in [0.05, 0.1) is 10.5 Å². The smallest absolute Gasteiger partial charge is 0.269 e. The van der Waals surface area contributed by atoms with Gasteiger partial charge in [0.25, 0.3) is 5.91 Å². The number of amides is 3. The lowest BCUT2D eigenvalue weighted by molar-refractivity contribution is -0.154. The van der Waals surface area contributed by atoms with Crippen molar-refractivity contribution in [3.63, 3.8) is 0 Å². The molecule has 3 N–H and O–H groups in total. The summed E-state index contributed by atoms with van der Waals surface area (Å²) in [5.41, 5.74) is 6.80. The molecule has 10 heteroatoms. The zero-order chi connectivity index (χ0) is 24.7. The maximum absolute atomic E-state index is 13.8. The van der Waals surface area contributed by atoms with Gasteiger partial charge in [-0.15, -0.1) is 0 Å².